The molecule has 1 aliphatic heterocycles. The van der Waals surface area contributed by atoms with Crippen molar-refractivity contribution in [2.24, 2.45) is 4.99 Å². The number of rotatable bonds is 9. The number of ether oxygens (including phenoxy) is 1. The van der Waals surface area contributed by atoms with E-state index in [0.717, 1.165) is 52.6 Å². The number of pyridine rings is 1. The van der Waals surface area contributed by atoms with Gasteiger partial charge in [-0.3, -0.25) is 10.1 Å². The molecule has 1 aromatic carbocycles. The molecule has 0 amide bonds. The molecule has 0 fully saturated rings. The molecule has 2 aromatic heterocycles. The fourth-order valence-electron chi connectivity index (χ4n) is 4.01. The number of hydrogen-bond acceptors (Lipinski definition) is 4. The second-order valence-electron chi connectivity index (χ2n) is 8.80. The van der Waals surface area contributed by atoms with E-state index < -0.39 is 11.9 Å². The third-order valence-electron chi connectivity index (χ3n) is 5.97. The Kier molecular flexibility index (Phi) is 7.38. The van der Waals surface area contributed by atoms with Crippen LogP contribution in [0.2, 0.25) is 0 Å². The number of benzene rings is 1. The Morgan fingerprint density at radius 2 is 1.77 bits per heavy atom. The Morgan fingerprint density at radius 3 is 2.46 bits per heavy atom. The van der Waals surface area contributed by atoms with Crippen LogP contribution in [0.25, 0.3) is 28.1 Å². The fraction of sp³-hybridized carbons (Fsp3) is 0.370. The highest BCUT2D eigenvalue weighted by molar-refractivity contribution is 6.03. The third-order valence-corrected chi connectivity index (χ3v) is 5.97. The number of hydrogen-bond donors (Lipinski definition) is 1. The van der Waals surface area contributed by atoms with Gasteiger partial charge < -0.3 is 4.74 Å². The van der Waals surface area contributed by atoms with E-state index in [2.05, 4.69) is 27.1 Å². The van der Waals surface area contributed by atoms with Crippen molar-refractivity contribution in [3.63, 3.8) is 0 Å². The molecule has 0 spiro atoms. The Balaban J connectivity index is 1.71. The molecule has 0 bridgehead atoms. The summed E-state index contributed by atoms with van der Waals surface area (Å²) in [5.41, 5.74) is 4.86. The molecule has 35 heavy (non-hydrogen) atoms. The van der Waals surface area contributed by atoms with Gasteiger partial charge in [-0.05, 0) is 73.4 Å². The van der Waals surface area contributed by atoms with E-state index in [1.54, 1.807) is 6.07 Å². The number of aryl methyl sites for hydroxylation is 1. The van der Waals surface area contributed by atoms with Crippen molar-refractivity contribution in [3.05, 3.63) is 59.4 Å². The van der Waals surface area contributed by atoms with E-state index in [9.17, 15) is 13.2 Å². The van der Waals surface area contributed by atoms with Gasteiger partial charge in [0.15, 0.2) is 0 Å². The number of aromatic amines is 1. The van der Waals surface area contributed by atoms with Crippen LogP contribution >= 0.6 is 0 Å². The van der Waals surface area contributed by atoms with Crippen molar-refractivity contribution in [2.45, 2.75) is 52.6 Å². The van der Waals surface area contributed by atoms with Crippen molar-refractivity contribution in [1.82, 2.24) is 15.2 Å². The van der Waals surface area contributed by atoms with Crippen molar-refractivity contribution in [1.29, 1.82) is 0 Å². The zero-order valence-electron chi connectivity index (χ0n) is 20.2. The summed E-state index contributed by atoms with van der Waals surface area (Å²) in [6.07, 6.45) is 1.92. The summed E-state index contributed by atoms with van der Waals surface area (Å²) in [5, 5.41) is 5.98. The molecule has 3 heterocycles. The predicted octanol–water partition coefficient (Wildman–Crippen LogP) is 7.28. The number of halogens is 3. The Morgan fingerprint density at radius 1 is 0.971 bits per heavy atom. The van der Waals surface area contributed by atoms with Crippen LogP contribution in [0.1, 0.15) is 56.5 Å². The van der Waals surface area contributed by atoms with Gasteiger partial charge in [0, 0.05) is 11.3 Å². The summed E-state index contributed by atoms with van der Waals surface area (Å²) >= 11 is 0. The molecule has 1 aliphatic rings. The second-order valence-corrected chi connectivity index (χ2v) is 8.80. The van der Waals surface area contributed by atoms with Crippen molar-refractivity contribution in [2.75, 3.05) is 13.2 Å². The smallest absolute Gasteiger partial charge is 0.432 e. The molecule has 0 aliphatic carbocycles. The monoisotopic (exact) mass is 482 g/mol. The van der Waals surface area contributed by atoms with Crippen LogP contribution in [0, 0.1) is 6.92 Å². The maximum Gasteiger partial charge on any atom is 0.432 e. The minimum absolute atomic E-state index is 0.137. The molecule has 0 atom stereocenters. The Hall–Kier alpha value is -3.42. The first kappa shape index (κ1) is 24.7. The fourth-order valence-corrected chi connectivity index (χ4v) is 4.01. The van der Waals surface area contributed by atoms with Crippen molar-refractivity contribution in [3.8, 4) is 28.3 Å². The highest BCUT2D eigenvalue weighted by atomic mass is 19.4. The zero-order valence-corrected chi connectivity index (χ0v) is 20.2. The van der Waals surface area contributed by atoms with Crippen LogP contribution in [-0.2, 0) is 6.18 Å². The number of nitrogens with zero attached hydrogens (tertiary/aromatic N) is 3. The van der Waals surface area contributed by atoms with Crippen LogP contribution in [0.4, 0.5) is 13.2 Å². The second kappa shape index (κ2) is 10.5. The van der Waals surface area contributed by atoms with Gasteiger partial charge in [-0.15, -0.1) is 0 Å². The van der Waals surface area contributed by atoms with E-state index in [1.165, 1.54) is 12.8 Å². The van der Waals surface area contributed by atoms with Gasteiger partial charge in [0.1, 0.15) is 17.1 Å². The number of nitrogens with one attached hydrogen (secondary N) is 1. The lowest BCUT2D eigenvalue weighted by molar-refractivity contribution is -0.141. The normalized spacial score (nSPS) is 13.7. The molecule has 5 nitrogen and oxygen atoms in total. The van der Waals surface area contributed by atoms with Gasteiger partial charge in [-0.1, -0.05) is 32.3 Å². The van der Waals surface area contributed by atoms with Crippen molar-refractivity contribution < 1.29 is 17.9 Å². The van der Waals surface area contributed by atoms with E-state index in [0.29, 0.717) is 24.5 Å². The predicted molar refractivity (Wildman–Crippen MR) is 133 cm³/mol. The number of aromatic nitrogens is 3. The minimum Gasteiger partial charge on any atom is -0.494 e. The largest absolute Gasteiger partial charge is 0.494 e. The van der Waals surface area contributed by atoms with Crippen LogP contribution in [0.5, 0.6) is 5.75 Å². The summed E-state index contributed by atoms with van der Waals surface area (Å²) in [5.74, 6) is 0.764. The molecule has 4 rings (SSSR count). The SMILES string of the molecule is CCCCCCOc1ccc(C)c(-c2cc(C3=CC(C)=NC3)nc(-c3cc(C(F)(F)F)[nH]n3)c2)c1. The molecule has 3 aromatic rings. The number of H-pyrrole nitrogens is 1. The first-order chi connectivity index (χ1) is 16.7. The number of aliphatic imine (C=N–C) groups is 1. The van der Waals surface area contributed by atoms with Crippen LogP contribution < -0.4 is 4.74 Å². The Bertz CT molecular complexity index is 1260. The molecule has 0 unspecified atom stereocenters. The summed E-state index contributed by atoms with van der Waals surface area (Å²) in [6, 6.07) is 10.6. The maximum absolute atomic E-state index is 13.2. The summed E-state index contributed by atoms with van der Waals surface area (Å²) in [6.45, 7) is 7.21. The topological polar surface area (TPSA) is 63.2 Å². The van der Waals surface area contributed by atoms with E-state index in [-0.39, 0.29) is 5.69 Å². The summed E-state index contributed by atoms with van der Waals surface area (Å²) in [7, 11) is 0. The quantitative estimate of drug-likeness (QED) is 0.326. The van der Waals surface area contributed by atoms with Gasteiger partial charge in [-0.25, -0.2) is 4.98 Å². The summed E-state index contributed by atoms with van der Waals surface area (Å²) < 4.78 is 45.5. The molecule has 184 valence electrons. The molecule has 0 radical (unpaired) electrons. The number of allylic oxidation sites excluding steroid dienone is 1. The van der Waals surface area contributed by atoms with Crippen LogP contribution in [-0.4, -0.2) is 34.0 Å². The lowest BCUT2D eigenvalue weighted by atomic mass is 9.97. The van der Waals surface area contributed by atoms with E-state index in [1.807, 2.05) is 44.2 Å². The number of alkyl halides is 3. The highest BCUT2D eigenvalue weighted by Gasteiger charge is 2.33. The molecular weight excluding hydrogens is 453 g/mol. The van der Waals surface area contributed by atoms with Gasteiger partial charge in [-0.2, -0.15) is 18.3 Å². The van der Waals surface area contributed by atoms with Gasteiger partial charge >= 0.3 is 6.18 Å². The first-order valence-electron chi connectivity index (χ1n) is 11.9. The molecule has 0 saturated carbocycles. The van der Waals surface area contributed by atoms with Gasteiger partial charge in [0.05, 0.1) is 24.5 Å². The third kappa shape index (κ3) is 5.99. The van der Waals surface area contributed by atoms with E-state index >= 15 is 0 Å². The molecular formula is C27H29F3N4O. The molecule has 8 heteroatoms. The van der Waals surface area contributed by atoms with Crippen LogP contribution in [0.3, 0.4) is 0 Å². The Labute approximate surface area is 203 Å². The average Bonchev–Trinajstić information content (AvgIpc) is 3.49. The lowest BCUT2D eigenvalue weighted by Crippen LogP contribution is -2.04. The zero-order chi connectivity index (χ0) is 25.0. The minimum atomic E-state index is -4.51. The highest BCUT2D eigenvalue weighted by Crippen LogP contribution is 2.34. The standard InChI is InChI=1S/C27H29F3N4O/c1-4-5-6-7-10-35-21-9-8-17(2)22(14-21)19-12-23(20-11-18(3)31-16-20)32-24(13-19)25-15-26(34-33-25)27(28,29)30/h8-9,11-15H,4-7,10,16H2,1-3H3,(H,33,34). The first-order valence-corrected chi connectivity index (χ1v) is 11.9. The van der Waals surface area contributed by atoms with Gasteiger partial charge in [0.2, 0.25) is 0 Å². The van der Waals surface area contributed by atoms with Gasteiger partial charge in [0.25, 0.3) is 0 Å². The summed E-state index contributed by atoms with van der Waals surface area (Å²) in [4.78, 5) is 9.06. The average molecular weight is 483 g/mol. The lowest BCUT2D eigenvalue weighted by Gasteiger charge is -2.13. The number of unbranched alkanes of at least 4 members (excludes halogenated alkanes) is 3. The molecule has 0 saturated heterocycles. The van der Waals surface area contributed by atoms with E-state index in [4.69, 9.17) is 4.74 Å². The van der Waals surface area contributed by atoms with Crippen molar-refractivity contribution >= 4 is 11.3 Å². The molecule has 1 N–H and O–H groups in total. The van der Waals surface area contributed by atoms with Crippen LogP contribution in [0.15, 0.2) is 47.5 Å². The maximum atomic E-state index is 13.2.